The van der Waals surface area contributed by atoms with Crippen LogP contribution in [0.2, 0.25) is 0 Å². The maximum atomic E-state index is 11.4. The molecule has 0 fully saturated rings. The minimum Gasteiger partial charge on any atom is -0.481 e. The molecule has 0 radical (unpaired) electrons. The second-order valence-electron chi connectivity index (χ2n) is 4.18. The van der Waals surface area contributed by atoms with Crippen molar-refractivity contribution in [2.75, 3.05) is 0 Å². The molecule has 0 unspecified atom stereocenters. The molecule has 0 aliphatic rings. The van der Waals surface area contributed by atoms with Gasteiger partial charge >= 0.3 is 5.97 Å². The van der Waals surface area contributed by atoms with Gasteiger partial charge in [-0.2, -0.15) is 0 Å². The molecule has 2 N–H and O–H groups in total. The van der Waals surface area contributed by atoms with Crippen LogP contribution in [0.5, 0.6) is 0 Å². The summed E-state index contributed by atoms with van der Waals surface area (Å²) in [5.74, 6) is -0.986. The summed E-state index contributed by atoms with van der Waals surface area (Å²) in [7, 11) is 0. The van der Waals surface area contributed by atoms with E-state index in [4.69, 9.17) is 0 Å². The molecule has 2 atom stereocenters. The fraction of sp³-hybridized carbons (Fsp3) is 0.462. The molecule has 0 aliphatic heterocycles. The van der Waals surface area contributed by atoms with Crippen molar-refractivity contribution in [2.24, 2.45) is 0 Å². The van der Waals surface area contributed by atoms with Gasteiger partial charge in [-0.15, -0.1) is 0 Å². The Balaban J connectivity index is 3.12. The molecule has 3 nitrogen and oxygen atoms in total. The lowest BCUT2D eigenvalue weighted by molar-refractivity contribution is -0.148. The van der Waals surface area contributed by atoms with Gasteiger partial charge in [0.2, 0.25) is 0 Å². The lowest BCUT2D eigenvalue weighted by Gasteiger charge is -2.30. The Morgan fingerprint density at radius 3 is 2.38 bits per heavy atom. The van der Waals surface area contributed by atoms with E-state index in [-0.39, 0.29) is 0 Å². The number of benzene rings is 1. The van der Waals surface area contributed by atoms with E-state index in [2.05, 4.69) is 0 Å². The molecule has 1 rings (SSSR count). The van der Waals surface area contributed by atoms with Crippen molar-refractivity contribution in [1.82, 2.24) is 0 Å². The first-order chi connectivity index (χ1) is 7.53. The fourth-order valence-electron chi connectivity index (χ4n) is 1.80. The average molecular weight is 222 g/mol. The highest BCUT2D eigenvalue weighted by Gasteiger charge is 2.41. The van der Waals surface area contributed by atoms with Crippen molar-refractivity contribution in [1.29, 1.82) is 0 Å². The molecule has 0 saturated carbocycles. The molecule has 0 aliphatic carbocycles. The summed E-state index contributed by atoms with van der Waals surface area (Å²) in [5.41, 5.74) is -0.583. The van der Waals surface area contributed by atoms with Gasteiger partial charge in [0.1, 0.15) is 5.41 Å². The van der Waals surface area contributed by atoms with Crippen molar-refractivity contribution in [3.05, 3.63) is 35.9 Å². The molecular weight excluding hydrogens is 204 g/mol. The highest BCUT2D eigenvalue weighted by molar-refractivity contribution is 5.81. The first kappa shape index (κ1) is 12.7. The Morgan fingerprint density at radius 1 is 1.38 bits per heavy atom. The monoisotopic (exact) mass is 222 g/mol. The molecule has 0 heterocycles. The molecule has 0 bridgehead atoms. The number of hydrogen-bond donors (Lipinski definition) is 2. The Kier molecular flexibility index (Phi) is 4.07. The fourth-order valence-corrected chi connectivity index (χ4v) is 1.80. The number of carboxylic acid groups (broad SMARTS) is 1. The standard InChI is InChI=1S/C13H18O3/c1-3-7-11(14)13(2,12(15)16)10-8-5-4-6-9-10/h4-6,8-9,11,14H,3,7H2,1-2H3,(H,15,16)/t11-,13-/m0/s1. The van der Waals surface area contributed by atoms with Crippen LogP contribution >= 0.6 is 0 Å². The molecule has 0 saturated heterocycles. The lowest BCUT2D eigenvalue weighted by atomic mass is 9.76. The normalized spacial score (nSPS) is 16.4. The van der Waals surface area contributed by atoms with Gasteiger partial charge in [0, 0.05) is 0 Å². The topological polar surface area (TPSA) is 57.5 Å². The van der Waals surface area contributed by atoms with E-state index in [1.807, 2.05) is 13.0 Å². The number of carboxylic acids is 1. The number of hydrogen-bond acceptors (Lipinski definition) is 2. The molecule has 0 spiro atoms. The van der Waals surface area contributed by atoms with Crippen LogP contribution in [0.3, 0.4) is 0 Å². The van der Waals surface area contributed by atoms with E-state index in [0.29, 0.717) is 12.0 Å². The summed E-state index contributed by atoms with van der Waals surface area (Å²) in [6, 6.07) is 8.89. The van der Waals surface area contributed by atoms with Crippen molar-refractivity contribution in [2.45, 2.75) is 38.2 Å². The van der Waals surface area contributed by atoms with Crippen molar-refractivity contribution >= 4 is 5.97 Å². The van der Waals surface area contributed by atoms with E-state index in [9.17, 15) is 15.0 Å². The SMILES string of the molecule is CCC[C@H](O)[C@@](C)(C(=O)O)c1ccccc1. The first-order valence-electron chi connectivity index (χ1n) is 5.50. The van der Waals surface area contributed by atoms with Crippen molar-refractivity contribution in [3.8, 4) is 0 Å². The molecule has 0 aromatic heterocycles. The zero-order valence-corrected chi connectivity index (χ0v) is 9.68. The van der Waals surface area contributed by atoms with Crippen LogP contribution in [0, 0.1) is 0 Å². The van der Waals surface area contributed by atoms with Gasteiger partial charge in [-0.3, -0.25) is 4.79 Å². The Morgan fingerprint density at radius 2 is 1.94 bits per heavy atom. The Labute approximate surface area is 95.7 Å². The van der Waals surface area contributed by atoms with Gasteiger partial charge in [0.15, 0.2) is 0 Å². The summed E-state index contributed by atoms with van der Waals surface area (Å²) in [6.45, 7) is 3.50. The van der Waals surface area contributed by atoms with Crippen molar-refractivity contribution in [3.63, 3.8) is 0 Å². The van der Waals surface area contributed by atoms with Gasteiger partial charge in [-0.1, -0.05) is 43.7 Å². The molecule has 88 valence electrons. The second kappa shape index (κ2) is 5.12. The average Bonchev–Trinajstić information content (AvgIpc) is 2.29. The van der Waals surface area contributed by atoms with E-state index in [1.54, 1.807) is 31.2 Å². The van der Waals surface area contributed by atoms with Crippen LogP contribution in [-0.2, 0) is 10.2 Å². The minimum absolute atomic E-state index is 0.484. The predicted molar refractivity (Wildman–Crippen MR) is 62.3 cm³/mol. The summed E-state index contributed by atoms with van der Waals surface area (Å²) in [4.78, 5) is 11.4. The number of rotatable bonds is 5. The van der Waals surface area contributed by atoms with Gasteiger partial charge in [0.05, 0.1) is 6.10 Å². The van der Waals surface area contributed by atoms with Crippen LogP contribution in [0.4, 0.5) is 0 Å². The summed E-state index contributed by atoms with van der Waals surface area (Å²) in [6.07, 6.45) is 0.381. The zero-order valence-electron chi connectivity index (χ0n) is 9.68. The molecule has 16 heavy (non-hydrogen) atoms. The third-order valence-electron chi connectivity index (χ3n) is 3.05. The summed E-state index contributed by atoms with van der Waals surface area (Å²) < 4.78 is 0. The van der Waals surface area contributed by atoms with Gasteiger partial charge in [-0.05, 0) is 18.9 Å². The number of carbonyl (C=O) groups is 1. The van der Waals surface area contributed by atoms with E-state index >= 15 is 0 Å². The predicted octanol–water partition coefficient (Wildman–Crippen LogP) is 2.19. The number of aliphatic carboxylic acids is 1. The maximum absolute atomic E-state index is 11.4. The minimum atomic E-state index is -1.22. The molecule has 1 aromatic carbocycles. The molecule has 0 amide bonds. The van der Waals surface area contributed by atoms with Crippen molar-refractivity contribution < 1.29 is 15.0 Å². The van der Waals surface area contributed by atoms with E-state index in [0.717, 1.165) is 6.42 Å². The Bertz CT molecular complexity index is 347. The summed E-state index contributed by atoms with van der Waals surface area (Å²) >= 11 is 0. The molecule has 1 aromatic rings. The lowest BCUT2D eigenvalue weighted by Crippen LogP contribution is -2.44. The van der Waals surface area contributed by atoms with Crippen LogP contribution in [0.25, 0.3) is 0 Å². The van der Waals surface area contributed by atoms with Crippen LogP contribution in [0.15, 0.2) is 30.3 Å². The first-order valence-corrected chi connectivity index (χ1v) is 5.50. The smallest absolute Gasteiger partial charge is 0.316 e. The van der Waals surface area contributed by atoms with E-state index in [1.165, 1.54) is 0 Å². The van der Waals surface area contributed by atoms with Gasteiger partial charge in [0.25, 0.3) is 0 Å². The maximum Gasteiger partial charge on any atom is 0.316 e. The number of aliphatic hydroxyl groups excluding tert-OH is 1. The third kappa shape index (κ3) is 2.25. The third-order valence-corrected chi connectivity index (χ3v) is 3.05. The highest BCUT2D eigenvalue weighted by Crippen LogP contribution is 2.30. The molecule has 3 heteroatoms. The van der Waals surface area contributed by atoms with Crippen LogP contribution in [-0.4, -0.2) is 22.3 Å². The largest absolute Gasteiger partial charge is 0.481 e. The highest BCUT2D eigenvalue weighted by atomic mass is 16.4. The Hall–Kier alpha value is -1.35. The zero-order chi connectivity index (χ0) is 12.2. The summed E-state index contributed by atoms with van der Waals surface area (Å²) in [5, 5.41) is 19.3. The number of aliphatic hydroxyl groups is 1. The van der Waals surface area contributed by atoms with Crippen LogP contribution in [0.1, 0.15) is 32.3 Å². The van der Waals surface area contributed by atoms with E-state index < -0.39 is 17.5 Å². The van der Waals surface area contributed by atoms with Gasteiger partial charge < -0.3 is 10.2 Å². The van der Waals surface area contributed by atoms with Crippen LogP contribution < -0.4 is 0 Å². The molecular formula is C13H18O3. The quantitative estimate of drug-likeness (QED) is 0.803. The second-order valence-corrected chi connectivity index (χ2v) is 4.18. The van der Waals surface area contributed by atoms with Gasteiger partial charge in [-0.25, -0.2) is 0 Å².